The third-order valence-electron chi connectivity index (χ3n) is 4.37. The Bertz CT molecular complexity index is 594. The Morgan fingerprint density at radius 2 is 1.68 bits per heavy atom. The third kappa shape index (κ3) is 6.99. The summed E-state index contributed by atoms with van der Waals surface area (Å²) in [6.45, 7) is 4.39. The second-order valence-electron chi connectivity index (χ2n) is 6.86. The molecule has 0 spiro atoms. The summed E-state index contributed by atoms with van der Waals surface area (Å²) in [5.74, 6) is -0.0804. The van der Waals surface area contributed by atoms with Crippen LogP contribution in [0.5, 0.6) is 0 Å². The Morgan fingerprint density at radius 1 is 1.04 bits per heavy atom. The van der Waals surface area contributed by atoms with E-state index < -0.39 is 0 Å². The number of allylic oxidation sites excluding steroid dienone is 1. The first-order valence-electron chi connectivity index (χ1n) is 9.08. The minimum atomic E-state index is -0.163. The Hall–Kier alpha value is -2.30. The number of hydrogen-bond acceptors (Lipinski definition) is 2. The molecule has 0 radical (unpaired) electrons. The van der Waals surface area contributed by atoms with Gasteiger partial charge in [-0.2, -0.15) is 0 Å². The molecule has 1 aliphatic rings. The number of hydrogen-bond donors (Lipinski definition) is 3. The maximum atomic E-state index is 12.2. The van der Waals surface area contributed by atoms with E-state index in [9.17, 15) is 9.59 Å². The van der Waals surface area contributed by atoms with Gasteiger partial charge in [0.15, 0.2) is 0 Å². The normalized spacial score (nSPS) is 19.6. The van der Waals surface area contributed by atoms with Gasteiger partial charge >= 0.3 is 6.03 Å². The van der Waals surface area contributed by atoms with Crippen LogP contribution in [-0.2, 0) is 11.2 Å². The molecule has 5 nitrogen and oxygen atoms in total. The van der Waals surface area contributed by atoms with Crippen LogP contribution in [0.3, 0.4) is 0 Å². The van der Waals surface area contributed by atoms with Gasteiger partial charge in [-0.15, -0.1) is 0 Å². The molecule has 2 atom stereocenters. The first-order chi connectivity index (χ1) is 12.0. The van der Waals surface area contributed by atoms with Gasteiger partial charge < -0.3 is 16.0 Å². The fourth-order valence-electron chi connectivity index (χ4n) is 3.15. The van der Waals surface area contributed by atoms with Crippen molar-refractivity contribution in [2.75, 3.05) is 6.54 Å². The Balaban J connectivity index is 1.78. The zero-order chi connectivity index (χ0) is 18.1. The number of urea groups is 1. The monoisotopic (exact) mass is 343 g/mol. The second-order valence-corrected chi connectivity index (χ2v) is 6.86. The van der Waals surface area contributed by atoms with Crippen LogP contribution in [0.15, 0.2) is 42.0 Å². The summed E-state index contributed by atoms with van der Waals surface area (Å²) in [5.41, 5.74) is 2.17. The van der Waals surface area contributed by atoms with Crippen molar-refractivity contribution in [3.8, 4) is 0 Å². The number of amides is 3. The van der Waals surface area contributed by atoms with E-state index in [2.05, 4.69) is 28.1 Å². The van der Waals surface area contributed by atoms with E-state index in [4.69, 9.17) is 0 Å². The quantitative estimate of drug-likeness (QED) is 0.695. The SMILES string of the molecule is CC(C)=CC(=O)NC1CCCCC1NC(=O)NCCc1ccccc1. The highest BCUT2D eigenvalue weighted by Gasteiger charge is 2.27. The molecule has 1 aliphatic carbocycles. The van der Waals surface area contributed by atoms with Crippen LogP contribution in [-0.4, -0.2) is 30.6 Å². The summed E-state index contributed by atoms with van der Waals surface area (Å²) in [5, 5.41) is 8.97. The van der Waals surface area contributed by atoms with Gasteiger partial charge in [-0.1, -0.05) is 48.7 Å². The summed E-state index contributed by atoms with van der Waals surface area (Å²) in [4.78, 5) is 24.1. The lowest BCUT2D eigenvalue weighted by Gasteiger charge is -2.32. The molecule has 5 heteroatoms. The molecular formula is C20H29N3O2. The molecule has 1 aromatic rings. The van der Waals surface area contributed by atoms with Crippen LogP contribution in [0.25, 0.3) is 0 Å². The van der Waals surface area contributed by atoms with Crippen molar-refractivity contribution in [2.45, 2.75) is 58.0 Å². The number of benzene rings is 1. The van der Waals surface area contributed by atoms with Gasteiger partial charge in [0, 0.05) is 18.7 Å². The number of nitrogens with one attached hydrogen (secondary N) is 3. The molecule has 0 bridgehead atoms. The predicted molar refractivity (Wildman–Crippen MR) is 100 cm³/mol. The lowest BCUT2D eigenvalue weighted by molar-refractivity contribution is -0.117. The van der Waals surface area contributed by atoms with Gasteiger partial charge in [0.2, 0.25) is 5.91 Å². The average molecular weight is 343 g/mol. The molecule has 1 saturated carbocycles. The summed E-state index contributed by atoms with van der Waals surface area (Å²) < 4.78 is 0. The molecule has 0 saturated heterocycles. The molecule has 1 fully saturated rings. The first kappa shape index (κ1) is 19.0. The van der Waals surface area contributed by atoms with Gasteiger partial charge in [0.25, 0.3) is 0 Å². The van der Waals surface area contributed by atoms with E-state index in [-0.39, 0.29) is 24.0 Å². The van der Waals surface area contributed by atoms with Gasteiger partial charge in [0.1, 0.15) is 0 Å². The molecule has 136 valence electrons. The van der Waals surface area contributed by atoms with E-state index in [1.165, 1.54) is 5.56 Å². The van der Waals surface area contributed by atoms with E-state index in [1.807, 2.05) is 32.0 Å². The topological polar surface area (TPSA) is 70.2 Å². The van der Waals surface area contributed by atoms with Crippen molar-refractivity contribution in [1.29, 1.82) is 0 Å². The van der Waals surface area contributed by atoms with Gasteiger partial charge in [-0.3, -0.25) is 4.79 Å². The first-order valence-corrected chi connectivity index (χ1v) is 9.08. The van der Waals surface area contributed by atoms with Crippen LogP contribution < -0.4 is 16.0 Å². The average Bonchev–Trinajstić information content (AvgIpc) is 2.57. The molecule has 3 N–H and O–H groups in total. The fraction of sp³-hybridized carbons (Fsp3) is 0.500. The predicted octanol–water partition coefficient (Wildman–Crippen LogP) is 2.92. The van der Waals surface area contributed by atoms with Crippen molar-refractivity contribution < 1.29 is 9.59 Å². The van der Waals surface area contributed by atoms with Crippen molar-refractivity contribution in [1.82, 2.24) is 16.0 Å². The van der Waals surface area contributed by atoms with Crippen LogP contribution in [0.1, 0.15) is 45.1 Å². The molecule has 25 heavy (non-hydrogen) atoms. The zero-order valence-corrected chi connectivity index (χ0v) is 15.2. The van der Waals surface area contributed by atoms with Crippen LogP contribution in [0.4, 0.5) is 4.79 Å². The molecule has 3 amide bonds. The van der Waals surface area contributed by atoms with Crippen LogP contribution in [0, 0.1) is 0 Å². The number of carbonyl (C=O) groups excluding carboxylic acids is 2. The summed E-state index contributed by atoms with van der Waals surface area (Å²) in [7, 11) is 0. The van der Waals surface area contributed by atoms with Gasteiger partial charge in [0.05, 0.1) is 6.04 Å². The lowest BCUT2D eigenvalue weighted by atomic mass is 9.90. The fourth-order valence-corrected chi connectivity index (χ4v) is 3.15. The maximum Gasteiger partial charge on any atom is 0.315 e. The van der Waals surface area contributed by atoms with E-state index >= 15 is 0 Å². The van der Waals surface area contributed by atoms with Gasteiger partial charge in [-0.25, -0.2) is 4.79 Å². The number of rotatable bonds is 6. The molecule has 1 aromatic carbocycles. The minimum Gasteiger partial charge on any atom is -0.348 e. The van der Waals surface area contributed by atoms with Crippen molar-refractivity contribution in [3.05, 3.63) is 47.5 Å². The Morgan fingerprint density at radius 3 is 2.32 bits per heavy atom. The van der Waals surface area contributed by atoms with E-state index in [0.717, 1.165) is 37.7 Å². The molecule has 0 heterocycles. The lowest BCUT2D eigenvalue weighted by Crippen LogP contribution is -2.55. The Labute approximate surface area is 150 Å². The molecule has 0 aromatic heterocycles. The zero-order valence-electron chi connectivity index (χ0n) is 15.2. The van der Waals surface area contributed by atoms with Crippen molar-refractivity contribution in [2.24, 2.45) is 0 Å². The second kappa shape index (κ2) is 9.87. The largest absolute Gasteiger partial charge is 0.348 e. The van der Waals surface area contributed by atoms with Crippen LogP contribution >= 0.6 is 0 Å². The van der Waals surface area contributed by atoms with E-state index in [0.29, 0.717) is 6.54 Å². The highest BCUT2D eigenvalue weighted by Crippen LogP contribution is 2.18. The third-order valence-corrected chi connectivity index (χ3v) is 4.37. The maximum absolute atomic E-state index is 12.2. The minimum absolute atomic E-state index is 0.00303. The summed E-state index contributed by atoms with van der Waals surface area (Å²) in [6.07, 6.45) is 6.35. The van der Waals surface area contributed by atoms with Gasteiger partial charge in [-0.05, 0) is 38.7 Å². The smallest absolute Gasteiger partial charge is 0.315 e. The number of carbonyl (C=O) groups is 2. The summed E-state index contributed by atoms with van der Waals surface area (Å²) in [6, 6.07) is 9.90. The molecule has 2 unspecified atom stereocenters. The van der Waals surface area contributed by atoms with Crippen molar-refractivity contribution in [3.63, 3.8) is 0 Å². The molecule has 0 aliphatic heterocycles. The Kier molecular flexibility index (Phi) is 7.51. The van der Waals surface area contributed by atoms with E-state index in [1.54, 1.807) is 6.08 Å². The van der Waals surface area contributed by atoms with Crippen molar-refractivity contribution >= 4 is 11.9 Å². The molecular weight excluding hydrogens is 314 g/mol. The molecule has 2 rings (SSSR count). The van der Waals surface area contributed by atoms with Crippen LogP contribution in [0.2, 0.25) is 0 Å². The highest BCUT2D eigenvalue weighted by atomic mass is 16.2. The standard InChI is InChI=1S/C20H29N3O2/c1-15(2)14-19(24)22-17-10-6-7-11-18(17)23-20(25)21-13-12-16-8-4-3-5-9-16/h3-5,8-9,14,17-18H,6-7,10-13H2,1-2H3,(H,22,24)(H2,21,23,25). The summed E-state index contributed by atoms with van der Waals surface area (Å²) >= 11 is 0. The highest BCUT2D eigenvalue weighted by molar-refractivity contribution is 5.88.